The average molecular weight is 185 g/mol. The number of aryl methyl sites for hydroxylation is 1. The Morgan fingerprint density at radius 1 is 1.21 bits per heavy atom. The molecule has 0 aliphatic rings. The van der Waals surface area contributed by atoms with Crippen molar-refractivity contribution in [3.05, 3.63) is 42.4 Å². The van der Waals surface area contributed by atoms with E-state index >= 15 is 0 Å². The first-order valence-corrected chi connectivity index (χ1v) is 4.39. The Kier molecular flexibility index (Phi) is 2.14. The zero-order valence-electron chi connectivity index (χ0n) is 7.94. The first-order chi connectivity index (χ1) is 6.75. The lowest BCUT2D eigenvalue weighted by Gasteiger charge is -2.01. The number of nitrogens with two attached hydrogens (primary N) is 1. The van der Waals surface area contributed by atoms with Crippen LogP contribution in [0.25, 0.3) is 11.3 Å². The van der Waals surface area contributed by atoms with E-state index < -0.39 is 0 Å². The summed E-state index contributed by atoms with van der Waals surface area (Å²) in [5.74, 6) is 0. The van der Waals surface area contributed by atoms with Crippen molar-refractivity contribution in [1.82, 2.24) is 9.97 Å². The van der Waals surface area contributed by atoms with E-state index in [1.165, 1.54) is 0 Å². The van der Waals surface area contributed by atoms with Gasteiger partial charge in [-0.2, -0.15) is 0 Å². The summed E-state index contributed by atoms with van der Waals surface area (Å²) >= 11 is 0. The summed E-state index contributed by atoms with van der Waals surface area (Å²) in [5, 5.41) is 0. The van der Waals surface area contributed by atoms with Gasteiger partial charge in [0.1, 0.15) is 0 Å². The molecule has 0 aromatic carbocycles. The second kappa shape index (κ2) is 3.46. The third-order valence-electron chi connectivity index (χ3n) is 1.95. The van der Waals surface area contributed by atoms with E-state index in [4.69, 9.17) is 5.73 Å². The fourth-order valence-electron chi connectivity index (χ4n) is 1.30. The molecule has 0 saturated heterocycles. The summed E-state index contributed by atoms with van der Waals surface area (Å²) in [6, 6.07) is 5.65. The van der Waals surface area contributed by atoms with Crippen LogP contribution in [0, 0.1) is 6.92 Å². The van der Waals surface area contributed by atoms with Crippen molar-refractivity contribution >= 4 is 5.69 Å². The van der Waals surface area contributed by atoms with Gasteiger partial charge in [-0.25, -0.2) is 0 Å². The van der Waals surface area contributed by atoms with Crippen LogP contribution in [0.3, 0.4) is 0 Å². The molecule has 2 heterocycles. The van der Waals surface area contributed by atoms with Crippen LogP contribution in [0.15, 0.2) is 36.8 Å². The molecule has 0 atom stereocenters. The van der Waals surface area contributed by atoms with Crippen molar-refractivity contribution in [3.63, 3.8) is 0 Å². The molecule has 70 valence electrons. The molecule has 2 aromatic rings. The van der Waals surface area contributed by atoms with Gasteiger partial charge >= 0.3 is 0 Å². The predicted octanol–water partition coefficient (Wildman–Crippen LogP) is 2.03. The third-order valence-corrected chi connectivity index (χ3v) is 1.95. The van der Waals surface area contributed by atoms with Crippen LogP contribution in [-0.2, 0) is 0 Å². The zero-order valence-corrected chi connectivity index (χ0v) is 7.94. The van der Waals surface area contributed by atoms with Gasteiger partial charge in [0.2, 0.25) is 0 Å². The Morgan fingerprint density at radius 2 is 2.07 bits per heavy atom. The van der Waals surface area contributed by atoms with E-state index in [0.717, 1.165) is 22.5 Å². The summed E-state index contributed by atoms with van der Waals surface area (Å²) in [6.07, 6.45) is 5.30. The molecule has 0 amide bonds. The first-order valence-electron chi connectivity index (χ1n) is 4.39. The summed E-state index contributed by atoms with van der Waals surface area (Å²) in [5.41, 5.74) is 9.37. The largest absolute Gasteiger partial charge is 0.399 e. The molecule has 3 heteroatoms. The molecule has 2 aromatic heterocycles. The van der Waals surface area contributed by atoms with E-state index in [9.17, 15) is 0 Å². The van der Waals surface area contributed by atoms with Gasteiger partial charge in [-0.05, 0) is 30.7 Å². The van der Waals surface area contributed by atoms with Gasteiger partial charge in [0.15, 0.2) is 0 Å². The number of rotatable bonds is 1. The van der Waals surface area contributed by atoms with Crippen LogP contribution < -0.4 is 5.73 Å². The van der Waals surface area contributed by atoms with Gasteiger partial charge < -0.3 is 5.73 Å². The molecule has 0 aliphatic heterocycles. The highest BCUT2D eigenvalue weighted by atomic mass is 14.7. The summed E-state index contributed by atoms with van der Waals surface area (Å²) in [4.78, 5) is 8.34. The van der Waals surface area contributed by atoms with Crippen molar-refractivity contribution in [3.8, 4) is 11.3 Å². The first kappa shape index (κ1) is 8.69. The maximum absolute atomic E-state index is 5.67. The van der Waals surface area contributed by atoms with Crippen LogP contribution in [-0.4, -0.2) is 9.97 Å². The molecule has 0 saturated carbocycles. The second-order valence-electron chi connectivity index (χ2n) is 3.23. The Morgan fingerprint density at radius 3 is 2.79 bits per heavy atom. The van der Waals surface area contributed by atoms with E-state index in [-0.39, 0.29) is 0 Å². The lowest BCUT2D eigenvalue weighted by molar-refractivity contribution is 1.24. The number of anilines is 1. The van der Waals surface area contributed by atoms with Crippen molar-refractivity contribution in [1.29, 1.82) is 0 Å². The number of hydrogen-bond acceptors (Lipinski definition) is 3. The molecule has 0 fully saturated rings. The van der Waals surface area contributed by atoms with Gasteiger partial charge in [-0.3, -0.25) is 9.97 Å². The van der Waals surface area contributed by atoms with Gasteiger partial charge in [0.05, 0.1) is 5.69 Å². The number of hydrogen-bond donors (Lipinski definition) is 1. The van der Waals surface area contributed by atoms with E-state index in [1.807, 2.05) is 25.3 Å². The van der Waals surface area contributed by atoms with Gasteiger partial charge in [0.25, 0.3) is 0 Å². The van der Waals surface area contributed by atoms with E-state index in [2.05, 4.69) is 9.97 Å². The molecule has 2 rings (SSSR count). The molecule has 3 nitrogen and oxygen atoms in total. The molecule has 0 unspecified atom stereocenters. The predicted molar refractivity (Wildman–Crippen MR) is 56.6 cm³/mol. The van der Waals surface area contributed by atoms with E-state index in [0.29, 0.717) is 0 Å². The summed E-state index contributed by atoms with van der Waals surface area (Å²) < 4.78 is 0. The molecule has 0 radical (unpaired) electrons. The smallest absolute Gasteiger partial charge is 0.0738 e. The third kappa shape index (κ3) is 1.71. The van der Waals surface area contributed by atoms with Crippen LogP contribution >= 0.6 is 0 Å². The van der Waals surface area contributed by atoms with Crippen LogP contribution in [0.5, 0.6) is 0 Å². The number of nitrogen functional groups attached to an aromatic ring is 1. The summed E-state index contributed by atoms with van der Waals surface area (Å²) in [6.45, 7) is 2.00. The average Bonchev–Trinajstić information content (AvgIpc) is 2.18. The number of aromatic nitrogens is 2. The van der Waals surface area contributed by atoms with Crippen molar-refractivity contribution in [2.24, 2.45) is 0 Å². The van der Waals surface area contributed by atoms with Crippen LogP contribution in [0.4, 0.5) is 5.69 Å². The minimum absolute atomic E-state index is 0.719. The standard InChI is InChI=1S/C11H11N3/c1-8-4-9(7-13-6-8)11-5-10(12)2-3-14-11/h2-7H,1H3,(H2,12,14). The maximum Gasteiger partial charge on any atom is 0.0738 e. The molecule has 0 aliphatic carbocycles. The Hall–Kier alpha value is -1.90. The molecular weight excluding hydrogens is 174 g/mol. The van der Waals surface area contributed by atoms with Crippen LogP contribution in [0.2, 0.25) is 0 Å². The van der Waals surface area contributed by atoms with Crippen molar-refractivity contribution < 1.29 is 0 Å². The highest BCUT2D eigenvalue weighted by molar-refractivity contribution is 5.62. The monoisotopic (exact) mass is 185 g/mol. The van der Waals surface area contributed by atoms with Gasteiger partial charge in [0, 0.05) is 29.8 Å². The molecule has 14 heavy (non-hydrogen) atoms. The quantitative estimate of drug-likeness (QED) is 0.739. The number of pyridine rings is 2. The molecular formula is C11H11N3. The van der Waals surface area contributed by atoms with Crippen molar-refractivity contribution in [2.45, 2.75) is 6.92 Å². The lowest BCUT2D eigenvalue weighted by Crippen LogP contribution is -1.89. The van der Waals surface area contributed by atoms with Crippen LogP contribution in [0.1, 0.15) is 5.56 Å². The molecule has 2 N–H and O–H groups in total. The van der Waals surface area contributed by atoms with Crippen molar-refractivity contribution in [2.75, 3.05) is 5.73 Å². The van der Waals surface area contributed by atoms with Gasteiger partial charge in [-0.15, -0.1) is 0 Å². The van der Waals surface area contributed by atoms with E-state index in [1.54, 1.807) is 18.5 Å². The highest BCUT2D eigenvalue weighted by Crippen LogP contribution is 2.18. The van der Waals surface area contributed by atoms with Gasteiger partial charge in [-0.1, -0.05) is 0 Å². The fraction of sp³-hybridized carbons (Fsp3) is 0.0909. The summed E-state index contributed by atoms with van der Waals surface area (Å²) in [7, 11) is 0. The molecule has 0 bridgehead atoms. The second-order valence-corrected chi connectivity index (χ2v) is 3.23. The molecule has 0 spiro atoms. The fourth-order valence-corrected chi connectivity index (χ4v) is 1.30. The number of nitrogens with zero attached hydrogens (tertiary/aromatic N) is 2. The Bertz CT molecular complexity index is 408. The normalized spacial score (nSPS) is 10.1. The minimum atomic E-state index is 0.719. The SMILES string of the molecule is Cc1cncc(-c2cc(N)ccn2)c1. The Balaban J connectivity index is 2.49. The minimum Gasteiger partial charge on any atom is -0.399 e. The Labute approximate surface area is 82.6 Å². The maximum atomic E-state index is 5.67. The topological polar surface area (TPSA) is 51.8 Å². The highest BCUT2D eigenvalue weighted by Gasteiger charge is 1.99. The lowest BCUT2D eigenvalue weighted by atomic mass is 10.1. The zero-order chi connectivity index (χ0) is 9.97.